The molecule has 12 heteroatoms. The Morgan fingerprint density at radius 3 is 2.62 bits per heavy atom. The molecule has 1 unspecified atom stereocenters. The van der Waals surface area contributed by atoms with Gasteiger partial charge in [-0.1, -0.05) is 13.8 Å². The first kappa shape index (κ1) is 23.6. The highest BCUT2D eigenvalue weighted by atomic mass is 19.4. The van der Waals surface area contributed by atoms with Gasteiger partial charge in [-0.2, -0.15) is 23.4 Å². The van der Waals surface area contributed by atoms with Crippen molar-refractivity contribution in [3.63, 3.8) is 0 Å². The largest absolute Gasteiger partial charge is 0.435 e. The number of nitrogens with zero attached hydrogens (tertiary/aromatic N) is 6. The van der Waals surface area contributed by atoms with Crippen LogP contribution in [0.3, 0.4) is 0 Å². The summed E-state index contributed by atoms with van der Waals surface area (Å²) in [6.07, 6.45) is -1.07. The van der Waals surface area contributed by atoms with Crippen molar-refractivity contribution in [2.75, 3.05) is 22.6 Å². The molecule has 1 amide bonds. The first-order valence-corrected chi connectivity index (χ1v) is 10.8. The quantitative estimate of drug-likeness (QED) is 0.567. The molecule has 0 aliphatic carbocycles. The molecule has 3 aromatic rings. The number of aromatic nitrogens is 5. The number of aryl methyl sites for hydroxylation is 2. The Morgan fingerprint density at radius 2 is 1.97 bits per heavy atom. The zero-order valence-corrected chi connectivity index (χ0v) is 19.6. The minimum Gasteiger partial charge on any atom is -0.366 e. The van der Waals surface area contributed by atoms with Crippen LogP contribution in [0.15, 0.2) is 24.5 Å². The lowest BCUT2D eigenvalue weighted by molar-refractivity contribution is -0.141. The Kier molecular flexibility index (Phi) is 6.00. The number of carbonyl (C=O) groups excluding carboxylic acids is 1. The van der Waals surface area contributed by atoms with Gasteiger partial charge in [-0.25, -0.2) is 4.98 Å². The SMILES string of the molecule is Cc1nc(NCc2cnn(Cc3cc(C(F)(F)F)nn3C)c2)cc2c1NC(=O)C(C(C)C)N2C. The highest BCUT2D eigenvalue weighted by Crippen LogP contribution is 2.36. The van der Waals surface area contributed by atoms with E-state index in [4.69, 9.17) is 0 Å². The predicted octanol–water partition coefficient (Wildman–Crippen LogP) is 3.41. The van der Waals surface area contributed by atoms with Crippen LogP contribution in [0.2, 0.25) is 0 Å². The number of alkyl halides is 3. The Balaban J connectivity index is 1.46. The number of rotatable bonds is 6. The van der Waals surface area contributed by atoms with Crippen LogP contribution < -0.4 is 15.5 Å². The first-order valence-electron chi connectivity index (χ1n) is 10.8. The number of likely N-dealkylation sites (N-methyl/N-ethyl adjacent to an activating group) is 1. The normalized spacial score (nSPS) is 16.1. The van der Waals surface area contributed by atoms with Crippen LogP contribution in [0.1, 0.15) is 36.5 Å². The van der Waals surface area contributed by atoms with E-state index in [9.17, 15) is 18.0 Å². The summed E-state index contributed by atoms with van der Waals surface area (Å²) in [5.74, 6) is 0.746. The van der Waals surface area contributed by atoms with E-state index in [2.05, 4.69) is 25.8 Å². The van der Waals surface area contributed by atoms with Crippen molar-refractivity contribution in [3.8, 4) is 0 Å². The second kappa shape index (κ2) is 8.65. The summed E-state index contributed by atoms with van der Waals surface area (Å²) in [7, 11) is 3.38. The second-order valence-electron chi connectivity index (χ2n) is 8.82. The monoisotopic (exact) mass is 476 g/mol. The number of pyridine rings is 1. The van der Waals surface area contributed by atoms with Gasteiger partial charge in [0.2, 0.25) is 5.91 Å². The maximum Gasteiger partial charge on any atom is 0.435 e. The number of nitrogens with one attached hydrogen (secondary N) is 2. The van der Waals surface area contributed by atoms with Gasteiger partial charge in [0.05, 0.1) is 35.5 Å². The molecule has 4 rings (SSSR count). The van der Waals surface area contributed by atoms with E-state index in [1.165, 1.54) is 11.7 Å². The number of halogens is 3. The van der Waals surface area contributed by atoms with Crippen molar-refractivity contribution in [3.05, 3.63) is 47.2 Å². The van der Waals surface area contributed by atoms with E-state index in [-0.39, 0.29) is 24.4 Å². The highest BCUT2D eigenvalue weighted by Gasteiger charge is 2.35. The molecule has 0 saturated heterocycles. The summed E-state index contributed by atoms with van der Waals surface area (Å²) < 4.78 is 41.4. The number of hydrogen-bond donors (Lipinski definition) is 2. The predicted molar refractivity (Wildman–Crippen MR) is 121 cm³/mol. The van der Waals surface area contributed by atoms with E-state index >= 15 is 0 Å². The minimum absolute atomic E-state index is 0.0428. The van der Waals surface area contributed by atoms with Crippen LogP contribution in [0.4, 0.5) is 30.4 Å². The van der Waals surface area contributed by atoms with Crippen LogP contribution >= 0.6 is 0 Å². The lowest BCUT2D eigenvalue weighted by Crippen LogP contribution is -2.49. The maximum atomic E-state index is 12.9. The van der Waals surface area contributed by atoms with Gasteiger partial charge in [-0.05, 0) is 18.9 Å². The summed E-state index contributed by atoms with van der Waals surface area (Å²) in [5, 5.41) is 14.0. The molecule has 0 bridgehead atoms. The third-order valence-corrected chi connectivity index (χ3v) is 5.88. The van der Waals surface area contributed by atoms with E-state index in [0.717, 1.165) is 17.3 Å². The van der Waals surface area contributed by atoms with Crippen molar-refractivity contribution in [1.82, 2.24) is 24.5 Å². The van der Waals surface area contributed by atoms with Crippen LogP contribution in [-0.4, -0.2) is 43.5 Å². The highest BCUT2D eigenvalue weighted by molar-refractivity contribution is 6.04. The maximum absolute atomic E-state index is 12.9. The Labute approximate surface area is 195 Å². The van der Waals surface area contributed by atoms with Gasteiger partial charge in [0.1, 0.15) is 11.9 Å². The van der Waals surface area contributed by atoms with E-state index in [1.807, 2.05) is 38.8 Å². The zero-order chi connectivity index (χ0) is 24.8. The molecule has 0 spiro atoms. The Hall–Kier alpha value is -3.57. The lowest BCUT2D eigenvalue weighted by atomic mass is 9.98. The second-order valence-corrected chi connectivity index (χ2v) is 8.82. The molecule has 0 radical (unpaired) electrons. The summed E-state index contributed by atoms with van der Waals surface area (Å²) in [6, 6.07) is 2.65. The number of fused-ring (bicyclic) bond motifs is 1. The Bertz CT molecular complexity index is 1210. The van der Waals surface area contributed by atoms with E-state index < -0.39 is 11.9 Å². The van der Waals surface area contributed by atoms with Crippen LogP contribution in [-0.2, 0) is 31.1 Å². The topological polar surface area (TPSA) is 92.9 Å². The van der Waals surface area contributed by atoms with Gasteiger partial charge in [0, 0.05) is 38.5 Å². The van der Waals surface area contributed by atoms with Crippen molar-refractivity contribution in [2.24, 2.45) is 13.0 Å². The Morgan fingerprint density at radius 1 is 1.24 bits per heavy atom. The average Bonchev–Trinajstić information content (AvgIpc) is 3.34. The van der Waals surface area contributed by atoms with E-state index in [0.29, 0.717) is 29.4 Å². The minimum atomic E-state index is -4.48. The fourth-order valence-corrected chi connectivity index (χ4v) is 4.19. The third kappa shape index (κ3) is 4.57. The molecule has 4 heterocycles. The van der Waals surface area contributed by atoms with Crippen LogP contribution in [0.5, 0.6) is 0 Å². The van der Waals surface area contributed by atoms with Crippen LogP contribution in [0, 0.1) is 12.8 Å². The van der Waals surface area contributed by atoms with Crippen molar-refractivity contribution in [1.29, 1.82) is 0 Å². The molecular formula is C22H27F3N8O. The first-order chi connectivity index (χ1) is 15.9. The van der Waals surface area contributed by atoms with Gasteiger partial charge < -0.3 is 15.5 Å². The summed E-state index contributed by atoms with van der Waals surface area (Å²) in [4.78, 5) is 19.0. The van der Waals surface area contributed by atoms with Gasteiger partial charge in [0.15, 0.2) is 5.69 Å². The van der Waals surface area contributed by atoms with Crippen molar-refractivity contribution in [2.45, 2.75) is 46.1 Å². The number of amides is 1. The molecule has 0 saturated carbocycles. The smallest absolute Gasteiger partial charge is 0.366 e. The molecule has 9 nitrogen and oxygen atoms in total. The molecule has 34 heavy (non-hydrogen) atoms. The van der Waals surface area contributed by atoms with E-state index in [1.54, 1.807) is 17.1 Å². The van der Waals surface area contributed by atoms with Crippen molar-refractivity contribution < 1.29 is 18.0 Å². The van der Waals surface area contributed by atoms with Gasteiger partial charge in [-0.15, -0.1) is 0 Å². The molecule has 2 N–H and O–H groups in total. The zero-order valence-electron chi connectivity index (χ0n) is 19.6. The molecule has 0 aromatic carbocycles. The number of anilines is 3. The van der Waals surface area contributed by atoms with Gasteiger partial charge >= 0.3 is 6.18 Å². The van der Waals surface area contributed by atoms with Crippen LogP contribution in [0.25, 0.3) is 0 Å². The summed E-state index contributed by atoms with van der Waals surface area (Å²) in [5.41, 5.74) is 2.62. The molecule has 3 aromatic heterocycles. The average molecular weight is 477 g/mol. The molecule has 1 atom stereocenters. The fraction of sp³-hybridized carbons (Fsp3) is 0.455. The lowest BCUT2D eigenvalue weighted by Gasteiger charge is -2.38. The molecular weight excluding hydrogens is 449 g/mol. The van der Waals surface area contributed by atoms with Crippen molar-refractivity contribution >= 4 is 23.1 Å². The van der Waals surface area contributed by atoms with Gasteiger partial charge in [-0.3, -0.25) is 14.2 Å². The summed E-state index contributed by atoms with van der Waals surface area (Å²) >= 11 is 0. The number of hydrogen-bond acceptors (Lipinski definition) is 6. The standard InChI is InChI=1S/C22H27F3N8O/c1-12(2)20-21(34)29-19-13(3)28-18(7-16(19)31(20)4)26-8-14-9-27-33(10-14)11-15-6-17(22(23,24)25)30-32(15)5/h6-7,9-10,12,20H,8,11H2,1-5H3,(H,26,28)(H,29,34). The fourth-order valence-electron chi connectivity index (χ4n) is 4.19. The number of carbonyl (C=O) groups is 1. The molecule has 1 aliphatic heterocycles. The summed E-state index contributed by atoms with van der Waals surface area (Å²) in [6.45, 7) is 6.44. The van der Waals surface area contributed by atoms with Gasteiger partial charge in [0.25, 0.3) is 0 Å². The molecule has 0 fully saturated rings. The third-order valence-electron chi connectivity index (χ3n) is 5.88. The molecule has 182 valence electrons. The molecule has 1 aliphatic rings.